The maximum Gasteiger partial charge on any atom is 0.403 e. The number of aromatic nitrogens is 4. The summed E-state index contributed by atoms with van der Waals surface area (Å²) in [5.41, 5.74) is 6.20. The molecule has 10 N–H and O–H groups in total. The molecule has 4 heterocycles. The molecule has 0 spiro atoms. The Hall–Kier alpha value is -1.86. The SMILES string of the molecule is Nc1ncnc2c1ncn2[C@@H]1O[C@H](COP(=O)(O)N[C@H]2C(O)O[C@H](CO)[C@@H](O)[C@@H]2O)[C@@H](O)[C@H]1O. The Labute approximate surface area is 191 Å². The van der Waals surface area contributed by atoms with Crippen LogP contribution < -0.4 is 10.8 Å². The van der Waals surface area contributed by atoms with E-state index in [4.69, 9.17) is 24.8 Å². The fourth-order valence-electron chi connectivity index (χ4n) is 3.79. The summed E-state index contributed by atoms with van der Waals surface area (Å²) >= 11 is 0. The van der Waals surface area contributed by atoms with Crippen molar-refractivity contribution >= 4 is 24.7 Å². The minimum atomic E-state index is -4.77. The van der Waals surface area contributed by atoms with Crippen molar-refractivity contribution in [1.82, 2.24) is 24.6 Å². The zero-order valence-electron chi connectivity index (χ0n) is 17.3. The third kappa shape index (κ3) is 4.66. The average Bonchev–Trinajstić information content (AvgIpc) is 3.34. The highest BCUT2D eigenvalue weighted by atomic mass is 31.2. The predicted molar refractivity (Wildman–Crippen MR) is 108 cm³/mol. The summed E-state index contributed by atoms with van der Waals surface area (Å²) in [7, 11) is -4.77. The molecule has 2 fully saturated rings. The minimum absolute atomic E-state index is 0.0930. The topological polar surface area (TPSA) is 268 Å². The molecular weight excluding hydrogens is 483 g/mol. The summed E-state index contributed by atoms with van der Waals surface area (Å²) in [6.45, 7) is -1.40. The van der Waals surface area contributed by atoms with Crippen LogP contribution in [-0.2, 0) is 18.6 Å². The van der Waals surface area contributed by atoms with Gasteiger partial charge in [0.05, 0.1) is 25.6 Å². The van der Waals surface area contributed by atoms with Gasteiger partial charge in [0.1, 0.15) is 48.5 Å². The van der Waals surface area contributed by atoms with Crippen molar-refractivity contribution in [2.75, 3.05) is 18.9 Å². The lowest BCUT2D eigenvalue weighted by Crippen LogP contribution is -2.62. The Bertz CT molecular complexity index is 1060. The number of nitrogens with two attached hydrogens (primary N) is 1. The molecule has 18 heteroatoms. The van der Waals surface area contributed by atoms with Gasteiger partial charge in [-0.2, -0.15) is 0 Å². The Morgan fingerprint density at radius 2 is 1.76 bits per heavy atom. The van der Waals surface area contributed by atoms with Gasteiger partial charge in [0.2, 0.25) is 0 Å². The molecule has 0 aliphatic carbocycles. The van der Waals surface area contributed by atoms with Gasteiger partial charge in [-0.1, -0.05) is 0 Å². The van der Waals surface area contributed by atoms with Crippen LogP contribution in [0.5, 0.6) is 0 Å². The molecule has 2 aliphatic heterocycles. The Balaban J connectivity index is 1.41. The van der Waals surface area contributed by atoms with Gasteiger partial charge in [0.15, 0.2) is 24.0 Å². The molecule has 2 saturated heterocycles. The molecule has 0 amide bonds. The van der Waals surface area contributed by atoms with Crippen molar-refractivity contribution in [2.45, 2.75) is 55.2 Å². The molecular formula is C16H25N6O11P. The number of hydrogen-bond donors (Lipinski definition) is 9. The largest absolute Gasteiger partial charge is 0.403 e. The van der Waals surface area contributed by atoms with Crippen molar-refractivity contribution in [2.24, 2.45) is 0 Å². The van der Waals surface area contributed by atoms with Crippen molar-refractivity contribution in [3.05, 3.63) is 12.7 Å². The predicted octanol–water partition coefficient (Wildman–Crippen LogP) is -4.47. The molecule has 2 aromatic heterocycles. The van der Waals surface area contributed by atoms with Gasteiger partial charge < -0.3 is 50.7 Å². The van der Waals surface area contributed by atoms with E-state index in [-0.39, 0.29) is 17.0 Å². The van der Waals surface area contributed by atoms with E-state index >= 15 is 0 Å². The standard InChI is InChI=1S/C16H25N6O11P/c17-13-8-14(19-3-18-13)22(4-20-8)15-12(27)10(25)6(32-15)2-31-34(29,30)21-7-11(26)9(24)5(1-23)33-16(7)28/h3-7,9-12,15-16,23-28H,1-2H2,(H2,17,18,19)(H2,21,29,30)/t5-,6-,7-,9-,10-,11-,12-,15-,16?/m1/s1. The molecule has 0 aromatic carbocycles. The number of aliphatic hydroxyl groups excluding tert-OH is 6. The molecule has 2 unspecified atom stereocenters. The van der Waals surface area contributed by atoms with Gasteiger partial charge in [-0.3, -0.25) is 9.09 Å². The lowest BCUT2D eigenvalue weighted by atomic mass is 9.98. The number of aliphatic hydroxyl groups is 6. The third-order valence-electron chi connectivity index (χ3n) is 5.62. The van der Waals surface area contributed by atoms with Crippen LogP contribution in [0, 0.1) is 0 Å². The van der Waals surface area contributed by atoms with E-state index in [1.54, 1.807) is 0 Å². The lowest BCUT2D eigenvalue weighted by Gasteiger charge is -2.40. The number of rotatable bonds is 7. The second kappa shape index (κ2) is 9.65. The zero-order valence-corrected chi connectivity index (χ0v) is 18.2. The monoisotopic (exact) mass is 508 g/mol. The smallest absolute Gasteiger partial charge is 0.394 e. The van der Waals surface area contributed by atoms with Crippen molar-refractivity contribution in [3.63, 3.8) is 0 Å². The van der Waals surface area contributed by atoms with Crippen LogP contribution in [0.1, 0.15) is 6.23 Å². The normalized spacial score (nSPS) is 38.3. The third-order valence-corrected chi connectivity index (χ3v) is 6.75. The number of ether oxygens (including phenoxy) is 2. The number of imidazole rings is 1. The average molecular weight is 508 g/mol. The summed E-state index contributed by atoms with van der Waals surface area (Å²) in [4.78, 5) is 22.0. The summed E-state index contributed by atoms with van der Waals surface area (Å²) in [6, 6.07) is -1.65. The summed E-state index contributed by atoms with van der Waals surface area (Å²) in [5.74, 6) is 0.0930. The van der Waals surface area contributed by atoms with Crippen molar-refractivity contribution in [1.29, 1.82) is 0 Å². The molecule has 190 valence electrons. The first-order valence-electron chi connectivity index (χ1n) is 10.0. The van der Waals surface area contributed by atoms with Gasteiger partial charge in [0.25, 0.3) is 0 Å². The van der Waals surface area contributed by atoms with Gasteiger partial charge >= 0.3 is 7.75 Å². The van der Waals surface area contributed by atoms with Gasteiger partial charge in [-0.05, 0) is 0 Å². The Kier molecular flexibility index (Phi) is 7.16. The first kappa shape index (κ1) is 25.2. The van der Waals surface area contributed by atoms with Crippen LogP contribution in [0.15, 0.2) is 12.7 Å². The first-order valence-corrected chi connectivity index (χ1v) is 11.6. The number of nitrogens with one attached hydrogen (secondary N) is 1. The molecule has 34 heavy (non-hydrogen) atoms. The zero-order chi connectivity index (χ0) is 24.8. The number of nitrogen functional groups attached to an aromatic ring is 1. The Morgan fingerprint density at radius 1 is 1.06 bits per heavy atom. The summed E-state index contributed by atoms with van der Waals surface area (Å²) < 4.78 is 29.2. The fraction of sp³-hybridized carbons (Fsp3) is 0.688. The fourth-order valence-corrected chi connectivity index (χ4v) is 4.87. The highest BCUT2D eigenvalue weighted by molar-refractivity contribution is 7.50. The lowest BCUT2D eigenvalue weighted by molar-refractivity contribution is -0.252. The van der Waals surface area contributed by atoms with E-state index in [2.05, 4.69) is 15.0 Å². The number of hydrogen-bond acceptors (Lipinski definition) is 14. The second-order valence-electron chi connectivity index (χ2n) is 7.83. The minimum Gasteiger partial charge on any atom is -0.394 e. The van der Waals surface area contributed by atoms with Crippen LogP contribution in [0.3, 0.4) is 0 Å². The highest BCUT2D eigenvalue weighted by Crippen LogP contribution is 2.41. The van der Waals surface area contributed by atoms with E-state index in [1.165, 1.54) is 17.2 Å². The molecule has 2 aromatic rings. The summed E-state index contributed by atoms with van der Waals surface area (Å²) in [5, 5.41) is 61.8. The number of fused-ring (bicyclic) bond motifs is 1. The van der Waals surface area contributed by atoms with E-state index < -0.39 is 76.1 Å². The molecule has 0 radical (unpaired) electrons. The van der Waals surface area contributed by atoms with Crippen LogP contribution in [0.25, 0.3) is 11.2 Å². The van der Waals surface area contributed by atoms with E-state index in [1.807, 2.05) is 5.09 Å². The molecule has 4 rings (SSSR count). The maximum absolute atomic E-state index is 12.5. The molecule has 0 saturated carbocycles. The molecule has 0 bridgehead atoms. The van der Waals surface area contributed by atoms with Crippen LogP contribution in [-0.4, -0.2) is 117 Å². The molecule has 17 nitrogen and oxygen atoms in total. The van der Waals surface area contributed by atoms with Crippen LogP contribution in [0.2, 0.25) is 0 Å². The highest BCUT2D eigenvalue weighted by Gasteiger charge is 2.48. The summed E-state index contributed by atoms with van der Waals surface area (Å²) in [6.07, 6.45) is -9.65. The van der Waals surface area contributed by atoms with Gasteiger partial charge in [-0.15, -0.1) is 0 Å². The van der Waals surface area contributed by atoms with E-state index in [0.29, 0.717) is 0 Å². The van der Waals surface area contributed by atoms with Crippen molar-refractivity contribution < 1.29 is 54.1 Å². The van der Waals surface area contributed by atoms with E-state index in [9.17, 15) is 35.0 Å². The van der Waals surface area contributed by atoms with Gasteiger partial charge in [-0.25, -0.2) is 24.6 Å². The number of anilines is 1. The second-order valence-corrected chi connectivity index (χ2v) is 9.39. The quantitative estimate of drug-likeness (QED) is 0.160. The van der Waals surface area contributed by atoms with Crippen molar-refractivity contribution in [3.8, 4) is 0 Å². The Morgan fingerprint density at radius 3 is 2.47 bits per heavy atom. The number of nitrogens with zero attached hydrogens (tertiary/aromatic N) is 4. The first-order chi connectivity index (χ1) is 16.0. The van der Waals surface area contributed by atoms with E-state index in [0.717, 1.165) is 0 Å². The van der Waals surface area contributed by atoms with Gasteiger partial charge in [0, 0.05) is 0 Å². The maximum atomic E-state index is 12.5. The molecule has 10 atom stereocenters. The van der Waals surface area contributed by atoms with Crippen LogP contribution >= 0.6 is 7.75 Å². The molecule has 2 aliphatic rings. The van der Waals surface area contributed by atoms with Crippen LogP contribution in [0.4, 0.5) is 5.82 Å².